The molecule has 0 aromatic carbocycles. The summed E-state index contributed by atoms with van der Waals surface area (Å²) in [4.78, 5) is 16.4. The maximum Gasteiger partial charge on any atom is 0.287 e. The molecule has 3 rings (SSSR count). The maximum atomic E-state index is 10.6. The number of hydrogen-bond acceptors (Lipinski definition) is 6. The van der Waals surface area contributed by atoms with E-state index in [0.29, 0.717) is 13.2 Å². The van der Waals surface area contributed by atoms with Gasteiger partial charge in [0.1, 0.15) is 17.6 Å². The van der Waals surface area contributed by atoms with Crippen LogP contribution < -0.4 is 4.90 Å². The Morgan fingerprint density at radius 1 is 1.42 bits per heavy atom. The molecule has 0 saturated carbocycles. The van der Waals surface area contributed by atoms with Crippen LogP contribution in [-0.4, -0.2) is 48.4 Å². The zero-order valence-corrected chi connectivity index (χ0v) is 10.4. The van der Waals surface area contributed by atoms with Crippen molar-refractivity contribution in [2.45, 2.75) is 12.0 Å². The topological polar surface area (TPSA) is 77.7 Å². The predicted octanol–water partition coefficient (Wildman–Crippen LogP) is 0.985. The van der Waals surface area contributed by atoms with E-state index < -0.39 is 4.92 Å². The molecule has 1 atom stereocenters. The number of ether oxygens (including phenoxy) is 2. The van der Waals surface area contributed by atoms with Gasteiger partial charge in [-0.2, -0.15) is 0 Å². The molecule has 19 heavy (non-hydrogen) atoms. The summed E-state index contributed by atoms with van der Waals surface area (Å²) in [7, 11) is 0. The fourth-order valence-electron chi connectivity index (χ4n) is 2.54. The summed E-state index contributed by atoms with van der Waals surface area (Å²) in [5, 5.41) is 10.6. The highest BCUT2D eigenvalue weighted by Gasteiger charge is 2.40. The molecule has 0 amide bonds. The highest BCUT2D eigenvalue weighted by molar-refractivity contribution is 5.43. The number of aromatic nitrogens is 1. The highest BCUT2D eigenvalue weighted by atomic mass is 16.6. The van der Waals surface area contributed by atoms with Crippen molar-refractivity contribution in [3.05, 3.63) is 28.4 Å². The molecule has 3 heterocycles. The van der Waals surface area contributed by atoms with E-state index in [-0.39, 0.29) is 11.3 Å². The van der Waals surface area contributed by atoms with Crippen LogP contribution in [0.5, 0.6) is 0 Å². The minimum atomic E-state index is -0.442. The SMILES string of the molecule is O=[N+]([O-])c1ccc(N2CCOC3(CCOC3)C2)nc1. The second-order valence-electron chi connectivity index (χ2n) is 4.89. The van der Waals surface area contributed by atoms with Gasteiger partial charge in [0.05, 0.1) is 24.7 Å². The van der Waals surface area contributed by atoms with Crippen molar-refractivity contribution in [3.63, 3.8) is 0 Å². The molecule has 0 aliphatic carbocycles. The maximum absolute atomic E-state index is 10.6. The molecular weight excluding hydrogens is 250 g/mol. The number of nitrogens with zero attached hydrogens (tertiary/aromatic N) is 3. The molecule has 1 spiro atoms. The third kappa shape index (κ3) is 2.39. The number of morpholine rings is 1. The van der Waals surface area contributed by atoms with Gasteiger partial charge in [0.2, 0.25) is 0 Å². The Morgan fingerprint density at radius 2 is 2.32 bits per heavy atom. The first-order valence-corrected chi connectivity index (χ1v) is 6.26. The number of hydrogen-bond donors (Lipinski definition) is 0. The summed E-state index contributed by atoms with van der Waals surface area (Å²) in [5.74, 6) is 0.750. The van der Waals surface area contributed by atoms with Gasteiger partial charge in [-0.3, -0.25) is 10.1 Å². The molecule has 1 aromatic rings. The Hall–Kier alpha value is -1.73. The van der Waals surface area contributed by atoms with Crippen LogP contribution in [0.15, 0.2) is 18.3 Å². The van der Waals surface area contributed by atoms with Crippen molar-refractivity contribution >= 4 is 11.5 Å². The first-order valence-electron chi connectivity index (χ1n) is 6.26. The zero-order valence-electron chi connectivity index (χ0n) is 10.4. The fraction of sp³-hybridized carbons (Fsp3) is 0.583. The molecule has 0 bridgehead atoms. The van der Waals surface area contributed by atoms with Crippen molar-refractivity contribution in [2.75, 3.05) is 37.8 Å². The van der Waals surface area contributed by atoms with Gasteiger partial charge >= 0.3 is 0 Å². The van der Waals surface area contributed by atoms with Gasteiger partial charge in [0.25, 0.3) is 5.69 Å². The van der Waals surface area contributed by atoms with Crippen LogP contribution in [0.3, 0.4) is 0 Å². The predicted molar refractivity (Wildman–Crippen MR) is 67.2 cm³/mol. The molecule has 0 N–H and O–H groups in total. The Kier molecular flexibility index (Phi) is 3.08. The van der Waals surface area contributed by atoms with Gasteiger partial charge in [-0.05, 0) is 6.07 Å². The largest absolute Gasteiger partial charge is 0.378 e. The zero-order chi connectivity index (χ0) is 13.3. The average Bonchev–Trinajstić information content (AvgIpc) is 2.87. The van der Waals surface area contributed by atoms with Crippen LogP contribution in [0, 0.1) is 10.1 Å². The summed E-state index contributed by atoms with van der Waals surface area (Å²) >= 11 is 0. The van der Waals surface area contributed by atoms with Gasteiger partial charge < -0.3 is 14.4 Å². The lowest BCUT2D eigenvalue weighted by molar-refractivity contribution is -0.385. The minimum absolute atomic E-state index is 0.0101. The quantitative estimate of drug-likeness (QED) is 0.586. The summed E-state index contributed by atoms with van der Waals surface area (Å²) in [6.45, 7) is 3.42. The molecule has 7 heteroatoms. The number of nitro groups is 1. The van der Waals surface area contributed by atoms with Crippen molar-refractivity contribution in [1.82, 2.24) is 4.98 Å². The summed E-state index contributed by atoms with van der Waals surface area (Å²) in [6, 6.07) is 3.17. The van der Waals surface area contributed by atoms with Crippen LogP contribution in [-0.2, 0) is 9.47 Å². The molecule has 1 aromatic heterocycles. The van der Waals surface area contributed by atoms with Gasteiger partial charge in [-0.15, -0.1) is 0 Å². The standard InChI is InChI=1S/C12H15N3O4/c16-15(17)10-1-2-11(13-7-10)14-4-6-19-12(8-14)3-5-18-9-12/h1-2,7H,3-6,8-9H2. The molecule has 102 valence electrons. The van der Waals surface area contributed by atoms with E-state index in [4.69, 9.17) is 9.47 Å². The summed E-state index contributed by atoms with van der Waals surface area (Å²) in [6.07, 6.45) is 2.18. The van der Waals surface area contributed by atoms with E-state index >= 15 is 0 Å². The van der Waals surface area contributed by atoms with E-state index in [1.807, 2.05) is 0 Å². The van der Waals surface area contributed by atoms with Gasteiger partial charge in [0, 0.05) is 25.6 Å². The lowest BCUT2D eigenvalue weighted by Crippen LogP contribution is -2.52. The van der Waals surface area contributed by atoms with Crippen molar-refractivity contribution in [2.24, 2.45) is 0 Å². The summed E-state index contributed by atoms with van der Waals surface area (Å²) in [5.41, 5.74) is -0.224. The van der Waals surface area contributed by atoms with E-state index in [1.54, 1.807) is 6.07 Å². The molecule has 2 saturated heterocycles. The van der Waals surface area contributed by atoms with Gasteiger partial charge in [0.15, 0.2) is 0 Å². The number of rotatable bonds is 2. The Balaban J connectivity index is 1.76. The first-order chi connectivity index (χ1) is 9.19. The molecule has 2 aliphatic heterocycles. The third-order valence-electron chi connectivity index (χ3n) is 3.58. The lowest BCUT2D eigenvalue weighted by atomic mass is 10.0. The van der Waals surface area contributed by atoms with E-state index in [0.717, 1.165) is 31.9 Å². The lowest BCUT2D eigenvalue weighted by Gasteiger charge is -2.39. The van der Waals surface area contributed by atoms with Crippen molar-refractivity contribution < 1.29 is 14.4 Å². The Bertz CT molecular complexity index is 470. The second-order valence-corrected chi connectivity index (χ2v) is 4.89. The van der Waals surface area contributed by atoms with Gasteiger partial charge in [-0.1, -0.05) is 0 Å². The smallest absolute Gasteiger partial charge is 0.287 e. The monoisotopic (exact) mass is 265 g/mol. The van der Waals surface area contributed by atoms with E-state index in [9.17, 15) is 10.1 Å². The molecule has 1 unspecified atom stereocenters. The summed E-state index contributed by atoms with van der Waals surface area (Å²) < 4.78 is 11.2. The third-order valence-corrected chi connectivity index (χ3v) is 3.58. The first kappa shape index (κ1) is 12.3. The Morgan fingerprint density at radius 3 is 2.95 bits per heavy atom. The second kappa shape index (κ2) is 4.75. The van der Waals surface area contributed by atoms with Crippen LogP contribution in [0.25, 0.3) is 0 Å². The number of pyridine rings is 1. The fourth-order valence-corrected chi connectivity index (χ4v) is 2.54. The van der Waals surface area contributed by atoms with Crippen LogP contribution in [0.2, 0.25) is 0 Å². The normalized spacial score (nSPS) is 26.8. The number of anilines is 1. The molecular formula is C12H15N3O4. The van der Waals surface area contributed by atoms with Crippen molar-refractivity contribution in [3.8, 4) is 0 Å². The molecule has 7 nitrogen and oxygen atoms in total. The van der Waals surface area contributed by atoms with Crippen molar-refractivity contribution in [1.29, 1.82) is 0 Å². The Labute approximate surface area is 110 Å². The van der Waals surface area contributed by atoms with Gasteiger partial charge in [-0.25, -0.2) is 4.98 Å². The minimum Gasteiger partial charge on any atom is -0.378 e. The molecule has 2 fully saturated rings. The van der Waals surface area contributed by atoms with E-state index in [1.165, 1.54) is 12.3 Å². The van der Waals surface area contributed by atoms with E-state index in [2.05, 4.69) is 9.88 Å². The van der Waals surface area contributed by atoms with Crippen LogP contribution in [0.4, 0.5) is 11.5 Å². The van der Waals surface area contributed by atoms with Crippen LogP contribution in [0.1, 0.15) is 6.42 Å². The van der Waals surface area contributed by atoms with Crippen LogP contribution >= 0.6 is 0 Å². The average molecular weight is 265 g/mol. The highest BCUT2D eigenvalue weighted by Crippen LogP contribution is 2.29. The molecule has 0 radical (unpaired) electrons. The molecule has 2 aliphatic rings.